The van der Waals surface area contributed by atoms with Crippen molar-refractivity contribution in [2.45, 2.75) is 39.0 Å². The molecule has 1 atom stereocenters. The zero-order valence-electron chi connectivity index (χ0n) is 7.68. The van der Waals surface area contributed by atoms with E-state index in [1.807, 2.05) is 6.08 Å². The molecule has 0 fully saturated rings. The molecule has 0 bridgehead atoms. The molecule has 11 heavy (non-hydrogen) atoms. The van der Waals surface area contributed by atoms with Gasteiger partial charge in [0.15, 0.2) is 0 Å². The molecule has 0 nitrogen and oxygen atoms in total. The maximum absolute atomic E-state index is 4.00. The lowest BCUT2D eigenvalue weighted by Crippen LogP contribution is -1.89. The standard InChI is InChI=1S/C11H20/c1-4-6-7-8-10-11(3)9-5-2/h5,9,11H,2-4,6-8,10H2,1H3. The first kappa shape index (κ1) is 10.7. The Bertz CT molecular complexity index is 92.2. The molecule has 0 aliphatic carbocycles. The number of allylic oxidation sites excluding steroid dienone is 2. The van der Waals surface area contributed by atoms with Crippen molar-refractivity contribution in [1.29, 1.82) is 0 Å². The lowest BCUT2D eigenvalue weighted by Gasteiger charge is -2.03. The molecule has 0 saturated carbocycles. The van der Waals surface area contributed by atoms with Crippen LogP contribution in [0.5, 0.6) is 0 Å². The fraction of sp³-hybridized carbons (Fsp3) is 0.636. The molecule has 1 unspecified atom stereocenters. The van der Waals surface area contributed by atoms with Gasteiger partial charge in [-0.25, -0.2) is 0 Å². The molecule has 0 aliphatic rings. The molecule has 0 spiro atoms. The van der Waals surface area contributed by atoms with Crippen LogP contribution in [0.2, 0.25) is 0 Å². The van der Waals surface area contributed by atoms with Gasteiger partial charge in [0.2, 0.25) is 0 Å². The van der Waals surface area contributed by atoms with Gasteiger partial charge in [-0.3, -0.25) is 0 Å². The fourth-order valence-electron chi connectivity index (χ4n) is 1.12. The highest BCUT2D eigenvalue weighted by Gasteiger charge is 1.95. The summed E-state index contributed by atoms with van der Waals surface area (Å²) in [6, 6.07) is 0. The topological polar surface area (TPSA) is 0 Å². The normalized spacial score (nSPS) is 14.1. The minimum Gasteiger partial charge on any atom is -0.0880 e. The van der Waals surface area contributed by atoms with Gasteiger partial charge in [0.25, 0.3) is 0 Å². The van der Waals surface area contributed by atoms with E-state index in [2.05, 4.69) is 26.8 Å². The lowest BCUT2D eigenvalue weighted by atomic mass is 10.0. The lowest BCUT2D eigenvalue weighted by molar-refractivity contribution is 0.588. The first-order chi connectivity index (χ1) is 5.31. The van der Waals surface area contributed by atoms with Gasteiger partial charge in [-0.1, -0.05) is 44.8 Å². The Morgan fingerprint density at radius 1 is 1.27 bits per heavy atom. The van der Waals surface area contributed by atoms with Gasteiger partial charge in [0.05, 0.1) is 0 Å². The maximum atomic E-state index is 4.00. The zero-order valence-corrected chi connectivity index (χ0v) is 7.68. The summed E-state index contributed by atoms with van der Waals surface area (Å²) in [5.41, 5.74) is 0. The van der Waals surface area contributed by atoms with E-state index in [0.717, 1.165) is 0 Å². The van der Waals surface area contributed by atoms with Crippen molar-refractivity contribution in [2.24, 2.45) is 5.92 Å². The molecule has 2 radical (unpaired) electrons. The number of unbranched alkanes of at least 4 members (excludes halogenated alkanes) is 3. The van der Waals surface area contributed by atoms with E-state index < -0.39 is 0 Å². The summed E-state index contributed by atoms with van der Waals surface area (Å²) in [7, 11) is 0. The third kappa shape index (κ3) is 7.64. The molecule has 0 aliphatic heterocycles. The summed E-state index contributed by atoms with van der Waals surface area (Å²) in [5, 5.41) is 0. The molecule has 0 heterocycles. The predicted molar refractivity (Wildman–Crippen MR) is 52.1 cm³/mol. The van der Waals surface area contributed by atoms with Gasteiger partial charge in [-0.05, 0) is 26.2 Å². The summed E-state index contributed by atoms with van der Waals surface area (Å²) in [4.78, 5) is 0. The highest BCUT2D eigenvalue weighted by molar-refractivity contribution is 4.91. The Balaban J connectivity index is 3.10. The van der Waals surface area contributed by atoms with Crippen molar-refractivity contribution in [3.63, 3.8) is 0 Å². The van der Waals surface area contributed by atoms with Crippen LogP contribution in [0.3, 0.4) is 0 Å². The van der Waals surface area contributed by atoms with Gasteiger partial charge >= 0.3 is 0 Å². The second kappa shape index (κ2) is 7.84. The molecular formula is C11H20. The number of hydrogen-bond donors (Lipinski definition) is 0. The molecule has 0 aromatic heterocycles. The molecular weight excluding hydrogens is 132 g/mol. The molecule has 0 aromatic carbocycles. The van der Waals surface area contributed by atoms with Crippen LogP contribution in [0, 0.1) is 19.8 Å². The van der Waals surface area contributed by atoms with Gasteiger partial charge in [0, 0.05) is 0 Å². The van der Waals surface area contributed by atoms with E-state index in [4.69, 9.17) is 0 Å². The predicted octanol–water partition coefficient (Wildman–Crippen LogP) is 3.80. The van der Waals surface area contributed by atoms with Crippen LogP contribution in [-0.2, 0) is 0 Å². The fourth-order valence-corrected chi connectivity index (χ4v) is 1.12. The summed E-state index contributed by atoms with van der Waals surface area (Å²) in [6.07, 6.45) is 10.5. The van der Waals surface area contributed by atoms with E-state index in [1.165, 1.54) is 32.1 Å². The Morgan fingerprint density at radius 2 is 2.00 bits per heavy atom. The van der Waals surface area contributed by atoms with Crippen LogP contribution in [0.4, 0.5) is 0 Å². The van der Waals surface area contributed by atoms with E-state index in [1.54, 1.807) is 0 Å². The van der Waals surface area contributed by atoms with Crippen molar-refractivity contribution in [3.8, 4) is 0 Å². The monoisotopic (exact) mass is 152 g/mol. The third-order valence-electron chi connectivity index (χ3n) is 1.84. The van der Waals surface area contributed by atoms with Gasteiger partial charge in [-0.15, -0.1) is 0 Å². The molecule has 0 saturated heterocycles. The highest BCUT2D eigenvalue weighted by Crippen LogP contribution is 2.10. The first-order valence-electron chi connectivity index (χ1n) is 4.60. The molecule has 0 aromatic rings. The molecule has 0 heteroatoms. The van der Waals surface area contributed by atoms with Gasteiger partial charge in [-0.2, -0.15) is 0 Å². The minimum absolute atomic E-state index is 0.476. The van der Waals surface area contributed by atoms with Crippen LogP contribution in [0.25, 0.3) is 0 Å². The SMILES string of the molecule is [CH2]C=CC([CH2])CCCCCC. The van der Waals surface area contributed by atoms with E-state index in [0.29, 0.717) is 5.92 Å². The zero-order chi connectivity index (χ0) is 8.53. The van der Waals surface area contributed by atoms with Crippen LogP contribution < -0.4 is 0 Å². The van der Waals surface area contributed by atoms with Crippen molar-refractivity contribution in [2.75, 3.05) is 0 Å². The second-order valence-corrected chi connectivity index (χ2v) is 3.04. The number of rotatable bonds is 6. The summed E-state index contributed by atoms with van der Waals surface area (Å²) in [6.45, 7) is 9.88. The molecule has 64 valence electrons. The number of hydrogen-bond acceptors (Lipinski definition) is 0. The molecule has 0 N–H and O–H groups in total. The van der Waals surface area contributed by atoms with Crippen LogP contribution in [0.15, 0.2) is 12.2 Å². The van der Waals surface area contributed by atoms with Crippen molar-refractivity contribution in [1.82, 2.24) is 0 Å². The van der Waals surface area contributed by atoms with Crippen LogP contribution >= 0.6 is 0 Å². The largest absolute Gasteiger partial charge is 0.0880 e. The van der Waals surface area contributed by atoms with E-state index >= 15 is 0 Å². The van der Waals surface area contributed by atoms with Gasteiger partial charge < -0.3 is 0 Å². The van der Waals surface area contributed by atoms with Crippen molar-refractivity contribution >= 4 is 0 Å². The Labute approximate surface area is 71.7 Å². The minimum atomic E-state index is 0.476. The van der Waals surface area contributed by atoms with E-state index in [9.17, 15) is 0 Å². The summed E-state index contributed by atoms with van der Waals surface area (Å²) < 4.78 is 0. The van der Waals surface area contributed by atoms with Crippen molar-refractivity contribution in [3.05, 3.63) is 26.0 Å². The molecule has 0 amide bonds. The van der Waals surface area contributed by atoms with Crippen LogP contribution in [-0.4, -0.2) is 0 Å². The third-order valence-corrected chi connectivity index (χ3v) is 1.84. The average molecular weight is 152 g/mol. The summed E-state index contributed by atoms with van der Waals surface area (Å²) >= 11 is 0. The Kier molecular flexibility index (Phi) is 7.66. The first-order valence-corrected chi connectivity index (χ1v) is 4.60. The van der Waals surface area contributed by atoms with Crippen LogP contribution in [0.1, 0.15) is 39.0 Å². The second-order valence-electron chi connectivity index (χ2n) is 3.04. The Hall–Kier alpha value is -0.260. The maximum Gasteiger partial charge on any atom is -0.0233 e. The Morgan fingerprint density at radius 3 is 2.55 bits per heavy atom. The highest BCUT2D eigenvalue weighted by atomic mass is 14.0. The molecule has 0 rings (SSSR count). The van der Waals surface area contributed by atoms with E-state index in [-0.39, 0.29) is 0 Å². The quantitative estimate of drug-likeness (QED) is 0.508. The smallest absolute Gasteiger partial charge is 0.0233 e. The van der Waals surface area contributed by atoms with Crippen molar-refractivity contribution < 1.29 is 0 Å². The summed E-state index contributed by atoms with van der Waals surface area (Å²) in [5.74, 6) is 0.476. The average Bonchev–Trinajstić information content (AvgIpc) is 1.99. The van der Waals surface area contributed by atoms with Gasteiger partial charge in [0.1, 0.15) is 0 Å².